The van der Waals surface area contributed by atoms with Crippen LogP contribution in [0.1, 0.15) is 13.3 Å². The van der Waals surface area contributed by atoms with Gasteiger partial charge in [-0.05, 0) is 20.0 Å². The third-order valence-electron chi connectivity index (χ3n) is 2.22. The number of nitrogens with zero attached hydrogens (tertiary/aromatic N) is 3. The lowest BCUT2D eigenvalue weighted by Gasteiger charge is -2.14. The van der Waals surface area contributed by atoms with Gasteiger partial charge in [0, 0.05) is 20.5 Å². The van der Waals surface area contributed by atoms with Gasteiger partial charge in [0.2, 0.25) is 15.4 Å². The Hall–Kier alpha value is -1.10. The third-order valence-corrected chi connectivity index (χ3v) is 5.26. The van der Waals surface area contributed by atoms with Gasteiger partial charge in [0.05, 0.1) is 0 Å². The second-order valence-electron chi connectivity index (χ2n) is 3.84. The van der Waals surface area contributed by atoms with Crippen molar-refractivity contribution in [2.45, 2.75) is 17.7 Å². The zero-order valence-electron chi connectivity index (χ0n) is 11.0. The first-order valence-electron chi connectivity index (χ1n) is 5.60. The van der Waals surface area contributed by atoms with Crippen molar-refractivity contribution in [1.82, 2.24) is 19.8 Å². The van der Waals surface area contributed by atoms with Crippen LogP contribution >= 0.6 is 11.3 Å². The molecule has 0 radical (unpaired) electrons. The van der Waals surface area contributed by atoms with E-state index in [2.05, 4.69) is 20.8 Å². The highest BCUT2D eigenvalue weighted by atomic mass is 32.2. The van der Waals surface area contributed by atoms with Crippen molar-refractivity contribution >= 4 is 32.4 Å². The fraction of sp³-hybridized carbons (Fsp3) is 0.667. The normalized spacial score (nSPS) is 11.8. The van der Waals surface area contributed by atoms with Gasteiger partial charge in [0.15, 0.2) is 0 Å². The van der Waals surface area contributed by atoms with Crippen LogP contribution in [0.3, 0.4) is 0 Å². The molecule has 108 valence electrons. The van der Waals surface area contributed by atoms with Crippen molar-refractivity contribution < 1.29 is 13.2 Å². The molecule has 0 atom stereocenters. The second-order valence-corrected chi connectivity index (χ2v) is 7.03. The molecule has 0 fully saturated rings. The lowest BCUT2D eigenvalue weighted by atomic mass is 10.4. The number of amides is 1. The lowest BCUT2D eigenvalue weighted by molar-refractivity contribution is -0.114. The summed E-state index contributed by atoms with van der Waals surface area (Å²) >= 11 is 0.836. The minimum Gasteiger partial charge on any atom is -0.320 e. The van der Waals surface area contributed by atoms with Crippen LogP contribution in [0.5, 0.6) is 0 Å². The topological polar surface area (TPSA) is 104 Å². The summed E-state index contributed by atoms with van der Waals surface area (Å²) in [5, 5.41) is 12.7. The third kappa shape index (κ3) is 4.49. The number of nitrogens with one attached hydrogen (secondary N) is 2. The van der Waals surface area contributed by atoms with Gasteiger partial charge in [0.25, 0.3) is 10.0 Å². The number of rotatable bonds is 7. The van der Waals surface area contributed by atoms with Crippen LogP contribution in [-0.2, 0) is 14.8 Å². The molecule has 0 aromatic carbocycles. The van der Waals surface area contributed by atoms with Gasteiger partial charge in [-0.1, -0.05) is 11.3 Å². The highest BCUT2D eigenvalue weighted by Crippen LogP contribution is 2.22. The molecule has 1 rings (SSSR count). The molecule has 0 saturated carbocycles. The minimum absolute atomic E-state index is 0.122. The maximum atomic E-state index is 12.1. The van der Waals surface area contributed by atoms with E-state index in [9.17, 15) is 13.2 Å². The summed E-state index contributed by atoms with van der Waals surface area (Å²) in [5.74, 6) is -0.317. The predicted molar refractivity (Wildman–Crippen MR) is 72.6 cm³/mol. The number of sulfonamides is 1. The lowest BCUT2D eigenvalue weighted by Crippen LogP contribution is -2.29. The minimum atomic E-state index is -3.64. The van der Waals surface area contributed by atoms with Crippen LogP contribution in [0.25, 0.3) is 0 Å². The Kier molecular flexibility index (Phi) is 5.79. The van der Waals surface area contributed by atoms with E-state index in [1.165, 1.54) is 18.3 Å². The molecule has 1 aromatic heterocycles. The standard InChI is InChI=1S/C9H17N5O3S2/c1-7(15)11-8-12-13-9(18-8)19(16,17)14(3)6-4-5-10-2/h10H,4-6H2,1-3H3,(H,11,12,15). The quantitative estimate of drug-likeness (QED) is 0.530. The molecular weight excluding hydrogens is 290 g/mol. The molecule has 10 heteroatoms. The molecule has 0 spiro atoms. The zero-order valence-corrected chi connectivity index (χ0v) is 12.6. The Morgan fingerprint density at radius 1 is 1.42 bits per heavy atom. The Labute approximate surface area is 116 Å². The van der Waals surface area contributed by atoms with Crippen molar-refractivity contribution in [2.75, 3.05) is 32.5 Å². The van der Waals surface area contributed by atoms with Crippen LogP contribution in [0.15, 0.2) is 4.34 Å². The number of hydrogen-bond donors (Lipinski definition) is 2. The van der Waals surface area contributed by atoms with Gasteiger partial charge in [-0.3, -0.25) is 4.79 Å². The van der Waals surface area contributed by atoms with Crippen molar-refractivity contribution in [3.05, 3.63) is 0 Å². The van der Waals surface area contributed by atoms with E-state index in [4.69, 9.17) is 0 Å². The van der Waals surface area contributed by atoms with Gasteiger partial charge >= 0.3 is 0 Å². The smallest absolute Gasteiger partial charge is 0.272 e. The van der Waals surface area contributed by atoms with E-state index in [-0.39, 0.29) is 15.4 Å². The fourth-order valence-electron chi connectivity index (χ4n) is 1.25. The SMILES string of the molecule is CNCCCN(C)S(=O)(=O)c1nnc(NC(C)=O)s1. The number of aromatic nitrogens is 2. The van der Waals surface area contributed by atoms with Gasteiger partial charge in [0.1, 0.15) is 0 Å². The molecule has 19 heavy (non-hydrogen) atoms. The van der Waals surface area contributed by atoms with E-state index in [1.807, 2.05) is 0 Å². The van der Waals surface area contributed by atoms with E-state index >= 15 is 0 Å². The predicted octanol–water partition coefficient (Wildman–Crippen LogP) is -0.274. The molecule has 1 aromatic rings. The van der Waals surface area contributed by atoms with Crippen LogP contribution in [0, 0.1) is 0 Å². The van der Waals surface area contributed by atoms with E-state index in [1.54, 1.807) is 7.05 Å². The Morgan fingerprint density at radius 3 is 2.68 bits per heavy atom. The maximum Gasteiger partial charge on any atom is 0.272 e. The van der Waals surface area contributed by atoms with Crippen LogP contribution in [0.2, 0.25) is 0 Å². The number of anilines is 1. The summed E-state index contributed by atoms with van der Waals surface area (Å²) < 4.78 is 25.4. The van der Waals surface area contributed by atoms with Crippen molar-refractivity contribution in [3.63, 3.8) is 0 Å². The fourth-order valence-corrected chi connectivity index (χ4v) is 3.59. The molecule has 1 heterocycles. The first-order valence-corrected chi connectivity index (χ1v) is 7.85. The molecular formula is C9H17N5O3S2. The van der Waals surface area contributed by atoms with Crippen molar-refractivity contribution in [1.29, 1.82) is 0 Å². The molecule has 0 aliphatic heterocycles. The molecule has 0 saturated heterocycles. The van der Waals surface area contributed by atoms with Gasteiger partial charge < -0.3 is 10.6 Å². The van der Waals surface area contributed by atoms with Crippen molar-refractivity contribution in [2.24, 2.45) is 0 Å². The molecule has 8 nitrogen and oxygen atoms in total. The van der Waals surface area contributed by atoms with Crippen LogP contribution in [-0.4, -0.2) is 56.0 Å². The maximum absolute atomic E-state index is 12.1. The summed E-state index contributed by atoms with van der Waals surface area (Å²) in [4.78, 5) is 10.8. The summed E-state index contributed by atoms with van der Waals surface area (Å²) in [5.41, 5.74) is 0. The number of hydrogen-bond acceptors (Lipinski definition) is 7. The highest BCUT2D eigenvalue weighted by molar-refractivity contribution is 7.91. The number of carbonyl (C=O) groups excluding carboxylic acids is 1. The zero-order chi connectivity index (χ0) is 14.5. The summed E-state index contributed by atoms with van der Waals surface area (Å²) in [6.45, 7) is 2.44. The molecule has 0 aliphatic carbocycles. The molecule has 0 unspecified atom stereocenters. The van der Waals surface area contributed by atoms with Gasteiger partial charge in [-0.2, -0.15) is 4.31 Å². The Bertz CT molecular complexity index is 528. The average Bonchev–Trinajstić information content (AvgIpc) is 2.77. The van der Waals surface area contributed by atoms with E-state index < -0.39 is 10.0 Å². The summed E-state index contributed by atoms with van der Waals surface area (Å²) in [6, 6.07) is 0. The van der Waals surface area contributed by atoms with E-state index in [0.29, 0.717) is 13.0 Å². The van der Waals surface area contributed by atoms with Gasteiger partial charge in [-0.25, -0.2) is 8.42 Å². The summed E-state index contributed by atoms with van der Waals surface area (Å²) in [6.07, 6.45) is 0.698. The Balaban J connectivity index is 2.76. The Morgan fingerprint density at radius 2 is 2.11 bits per heavy atom. The number of carbonyl (C=O) groups is 1. The molecule has 1 amide bonds. The first kappa shape index (κ1) is 16.0. The van der Waals surface area contributed by atoms with Crippen LogP contribution in [0.4, 0.5) is 5.13 Å². The first-order chi connectivity index (χ1) is 8.87. The molecule has 2 N–H and O–H groups in total. The van der Waals surface area contributed by atoms with Crippen LogP contribution < -0.4 is 10.6 Å². The monoisotopic (exact) mass is 307 g/mol. The van der Waals surface area contributed by atoms with Gasteiger partial charge in [-0.15, -0.1) is 10.2 Å². The van der Waals surface area contributed by atoms with E-state index in [0.717, 1.165) is 17.9 Å². The second kappa shape index (κ2) is 6.89. The summed E-state index contributed by atoms with van der Waals surface area (Å²) in [7, 11) is -0.340. The van der Waals surface area contributed by atoms with Crippen molar-refractivity contribution in [3.8, 4) is 0 Å². The molecule has 0 bridgehead atoms. The largest absolute Gasteiger partial charge is 0.320 e. The highest BCUT2D eigenvalue weighted by Gasteiger charge is 2.25. The molecule has 0 aliphatic rings. The average molecular weight is 307 g/mol.